The first kappa shape index (κ1) is 13.9. The van der Waals surface area contributed by atoms with Crippen LogP contribution >= 0.6 is 0 Å². The third kappa shape index (κ3) is 3.72. The molecule has 1 saturated carbocycles. The van der Waals surface area contributed by atoms with Crippen LogP contribution < -0.4 is 4.74 Å². The molecule has 0 saturated heterocycles. The van der Waals surface area contributed by atoms with Crippen LogP contribution in [0, 0.1) is 11.8 Å². The van der Waals surface area contributed by atoms with Crippen molar-refractivity contribution in [2.24, 2.45) is 11.8 Å². The number of carbonyl (C=O) groups excluding carboxylic acids is 1. The van der Waals surface area contributed by atoms with Gasteiger partial charge in [-0.05, 0) is 37.0 Å². The zero-order chi connectivity index (χ0) is 13.8. The normalized spacial score (nSPS) is 21.3. The summed E-state index contributed by atoms with van der Waals surface area (Å²) in [5, 5.41) is 0. The number of benzene rings is 1. The number of rotatable bonds is 6. The van der Waals surface area contributed by atoms with Crippen LogP contribution in [-0.2, 0) is 9.53 Å². The number of ether oxygens (including phenoxy) is 2. The molecule has 19 heavy (non-hydrogen) atoms. The highest BCUT2D eigenvalue weighted by Crippen LogP contribution is 2.39. The molecule has 3 nitrogen and oxygen atoms in total. The van der Waals surface area contributed by atoms with E-state index in [0.29, 0.717) is 25.0 Å². The van der Waals surface area contributed by atoms with E-state index in [0.717, 1.165) is 12.2 Å². The van der Waals surface area contributed by atoms with Gasteiger partial charge in [0.15, 0.2) is 0 Å². The van der Waals surface area contributed by atoms with E-state index in [2.05, 4.69) is 26.0 Å². The standard InChI is InChI=1S/C16H22O3/c1-4-18-16(17)15-9-13(15)10-19-14-7-5-12(6-8-14)11(2)3/h5-8,11,13,15H,4,9-10H2,1-3H3/t13-,15+/m0/s1. The van der Waals surface area contributed by atoms with Gasteiger partial charge in [-0.3, -0.25) is 4.79 Å². The first-order chi connectivity index (χ1) is 9.11. The molecule has 0 radical (unpaired) electrons. The molecule has 0 aliphatic heterocycles. The molecule has 1 aliphatic rings. The summed E-state index contributed by atoms with van der Waals surface area (Å²) < 4.78 is 10.7. The summed E-state index contributed by atoms with van der Waals surface area (Å²) >= 11 is 0. The van der Waals surface area contributed by atoms with Crippen molar-refractivity contribution in [1.82, 2.24) is 0 Å². The van der Waals surface area contributed by atoms with Crippen molar-refractivity contribution in [2.45, 2.75) is 33.1 Å². The molecule has 2 atom stereocenters. The van der Waals surface area contributed by atoms with Crippen LogP contribution in [0.25, 0.3) is 0 Å². The summed E-state index contributed by atoms with van der Waals surface area (Å²) in [6, 6.07) is 8.18. The molecular weight excluding hydrogens is 240 g/mol. The van der Waals surface area contributed by atoms with E-state index in [4.69, 9.17) is 9.47 Å². The Morgan fingerprint density at radius 2 is 2.00 bits per heavy atom. The van der Waals surface area contributed by atoms with Gasteiger partial charge in [0.05, 0.1) is 19.1 Å². The molecule has 0 aromatic heterocycles. The molecule has 2 rings (SSSR count). The van der Waals surface area contributed by atoms with Gasteiger partial charge in [0, 0.05) is 5.92 Å². The SMILES string of the molecule is CCOC(=O)[C@@H]1C[C@H]1COc1ccc(C(C)C)cc1. The Morgan fingerprint density at radius 1 is 1.32 bits per heavy atom. The van der Waals surface area contributed by atoms with Gasteiger partial charge >= 0.3 is 5.97 Å². The van der Waals surface area contributed by atoms with E-state index in [9.17, 15) is 4.79 Å². The average Bonchev–Trinajstić information content (AvgIpc) is 3.17. The molecule has 1 fully saturated rings. The summed E-state index contributed by atoms with van der Waals surface area (Å²) in [4.78, 5) is 11.5. The van der Waals surface area contributed by atoms with E-state index >= 15 is 0 Å². The van der Waals surface area contributed by atoms with Crippen molar-refractivity contribution in [2.75, 3.05) is 13.2 Å². The first-order valence-electron chi connectivity index (χ1n) is 7.01. The van der Waals surface area contributed by atoms with Gasteiger partial charge in [0.1, 0.15) is 5.75 Å². The average molecular weight is 262 g/mol. The van der Waals surface area contributed by atoms with Crippen molar-refractivity contribution in [3.05, 3.63) is 29.8 Å². The molecule has 104 valence electrons. The zero-order valence-corrected chi connectivity index (χ0v) is 11.9. The van der Waals surface area contributed by atoms with Crippen LogP contribution in [0.5, 0.6) is 5.75 Å². The fourth-order valence-corrected chi connectivity index (χ4v) is 2.12. The smallest absolute Gasteiger partial charge is 0.309 e. The van der Waals surface area contributed by atoms with E-state index in [1.807, 2.05) is 19.1 Å². The first-order valence-corrected chi connectivity index (χ1v) is 7.01. The second kappa shape index (κ2) is 6.09. The quantitative estimate of drug-likeness (QED) is 0.737. The van der Waals surface area contributed by atoms with Gasteiger partial charge in [-0.2, -0.15) is 0 Å². The Hall–Kier alpha value is -1.51. The topological polar surface area (TPSA) is 35.5 Å². The lowest BCUT2D eigenvalue weighted by atomic mass is 10.0. The van der Waals surface area contributed by atoms with Gasteiger partial charge in [0.2, 0.25) is 0 Å². The third-order valence-corrected chi connectivity index (χ3v) is 3.52. The number of esters is 1. The zero-order valence-electron chi connectivity index (χ0n) is 11.9. The molecule has 0 spiro atoms. The highest BCUT2D eigenvalue weighted by atomic mass is 16.5. The predicted octanol–water partition coefficient (Wildman–Crippen LogP) is 3.39. The van der Waals surface area contributed by atoms with Crippen LogP contribution in [0.3, 0.4) is 0 Å². The van der Waals surface area contributed by atoms with Crippen LogP contribution in [0.15, 0.2) is 24.3 Å². The Bertz CT molecular complexity index is 422. The van der Waals surface area contributed by atoms with E-state index in [1.165, 1.54) is 5.56 Å². The molecular formula is C16H22O3. The monoisotopic (exact) mass is 262 g/mol. The van der Waals surface area contributed by atoms with Gasteiger partial charge in [-0.25, -0.2) is 0 Å². The minimum absolute atomic E-state index is 0.0508. The Labute approximate surface area is 114 Å². The minimum atomic E-state index is -0.0775. The number of carbonyl (C=O) groups is 1. The molecule has 0 heterocycles. The Morgan fingerprint density at radius 3 is 2.58 bits per heavy atom. The van der Waals surface area contributed by atoms with Crippen molar-refractivity contribution >= 4 is 5.97 Å². The number of hydrogen-bond acceptors (Lipinski definition) is 3. The third-order valence-electron chi connectivity index (χ3n) is 3.52. The summed E-state index contributed by atoms with van der Waals surface area (Å²) in [5.74, 6) is 1.70. The summed E-state index contributed by atoms with van der Waals surface area (Å²) in [6.07, 6.45) is 0.892. The van der Waals surface area contributed by atoms with Gasteiger partial charge < -0.3 is 9.47 Å². The lowest BCUT2D eigenvalue weighted by molar-refractivity contribution is -0.145. The largest absolute Gasteiger partial charge is 0.493 e. The van der Waals surface area contributed by atoms with Gasteiger partial charge in [-0.1, -0.05) is 26.0 Å². The Kier molecular flexibility index (Phi) is 4.46. The molecule has 0 amide bonds. The predicted molar refractivity (Wildman–Crippen MR) is 74.3 cm³/mol. The highest BCUT2D eigenvalue weighted by Gasteiger charge is 2.44. The van der Waals surface area contributed by atoms with E-state index in [1.54, 1.807) is 0 Å². The fraction of sp³-hybridized carbons (Fsp3) is 0.562. The van der Waals surface area contributed by atoms with Gasteiger partial charge in [-0.15, -0.1) is 0 Å². The molecule has 0 bridgehead atoms. The Balaban J connectivity index is 1.76. The van der Waals surface area contributed by atoms with E-state index in [-0.39, 0.29) is 11.9 Å². The molecule has 1 aromatic rings. The summed E-state index contributed by atoms with van der Waals surface area (Å²) in [7, 11) is 0. The molecule has 1 aromatic carbocycles. The maximum absolute atomic E-state index is 11.5. The van der Waals surface area contributed by atoms with Crippen molar-refractivity contribution in [3.63, 3.8) is 0 Å². The van der Waals surface area contributed by atoms with Crippen molar-refractivity contribution in [1.29, 1.82) is 0 Å². The van der Waals surface area contributed by atoms with Crippen LogP contribution in [0.4, 0.5) is 0 Å². The lowest BCUT2D eigenvalue weighted by Gasteiger charge is -2.08. The summed E-state index contributed by atoms with van der Waals surface area (Å²) in [6.45, 7) is 7.24. The van der Waals surface area contributed by atoms with Crippen molar-refractivity contribution in [3.8, 4) is 5.75 Å². The molecule has 1 aliphatic carbocycles. The maximum atomic E-state index is 11.5. The van der Waals surface area contributed by atoms with Crippen LogP contribution in [-0.4, -0.2) is 19.2 Å². The van der Waals surface area contributed by atoms with Crippen LogP contribution in [0.1, 0.15) is 38.7 Å². The van der Waals surface area contributed by atoms with Crippen molar-refractivity contribution < 1.29 is 14.3 Å². The molecule has 3 heteroatoms. The summed E-state index contributed by atoms with van der Waals surface area (Å²) in [5.41, 5.74) is 1.31. The lowest BCUT2D eigenvalue weighted by Crippen LogP contribution is -2.10. The van der Waals surface area contributed by atoms with E-state index < -0.39 is 0 Å². The minimum Gasteiger partial charge on any atom is -0.493 e. The second-order valence-corrected chi connectivity index (χ2v) is 5.39. The highest BCUT2D eigenvalue weighted by molar-refractivity contribution is 5.75. The molecule has 0 N–H and O–H groups in total. The fourth-order valence-electron chi connectivity index (χ4n) is 2.12. The van der Waals surface area contributed by atoms with Crippen LogP contribution in [0.2, 0.25) is 0 Å². The number of hydrogen-bond donors (Lipinski definition) is 0. The maximum Gasteiger partial charge on any atom is 0.309 e. The second-order valence-electron chi connectivity index (χ2n) is 5.39. The molecule has 0 unspecified atom stereocenters. The van der Waals surface area contributed by atoms with Gasteiger partial charge in [0.25, 0.3) is 0 Å².